The number of H-pyrrole nitrogens is 1. The third kappa shape index (κ3) is 2.00. The highest BCUT2D eigenvalue weighted by atomic mass is 16.3. The second-order valence-electron chi connectivity index (χ2n) is 3.84. The van der Waals surface area contributed by atoms with Crippen molar-refractivity contribution in [3.05, 3.63) is 34.1 Å². The maximum Gasteiger partial charge on any atom is 0.256 e. The molecule has 2 rings (SSSR count). The van der Waals surface area contributed by atoms with E-state index in [0.29, 0.717) is 17.5 Å². The van der Waals surface area contributed by atoms with Crippen molar-refractivity contribution in [3.63, 3.8) is 0 Å². The first-order chi connectivity index (χ1) is 8.52. The quantitative estimate of drug-likeness (QED) is 0.591. The first kappa shape index (κ1) is 12.0. The Morgan fingerprint density at radius 3 is 2.61 bits per heavy atom. The summed E-state index contributed by atoms with van der Waals surface area (Å²) in [6, 6.07) is 4.14. The van der Waals surface area contributed by atoms with E-state index in [1.54, 1.807) is 0 Å². The highest BCUT2D eigenvalue weighted by Crippen LogP contribution is 2.28. The molecule has 0 aliphatic heterocycles. The number of nitrogens with two attached hydrogens (primary N) is 1. The van der Waals surface area contributed by atoms with E-state index < -0.39 is 0 Å². The smallest absolute Gasteiger partial charge is 0.256 e. The van der Waals surface area contributed by atoms with Gasteiger partial charge in [0.25, 0.3) is 5.56 Å². The number of nitrogens with one attached hydrogen (secondary N) is 1. The number of aromatic hydroxyl groups is 2. The van der Waals surface area contributed by atoms with Gasteiger partial charge in [0.1, 0.15) is 11.6 Å². The van der Waals surface area contributed by atoms with Crippen molar-refractivity contribution in [2.75, 3.05) is 5.73 Å². The number of anilines is 1. The van der Waals surface area contributed by atoms with Gasteiger partial charge in [0.15, 0.2) is 11.5 Å². The molecule has 0 fully saturated rings. The van der Waals surface area contributed by atoms with Crippen LogP contribution in [0, 0.1) is 0 Å². The molecule has 2 aromatic rings. The Balaban J connectivity index is 2.58. The molecule has 1 aromatic heterocycles. The number of hydrogen-bond donors (Lipinski definition) is 4. The van der Waals surface area contributed by atoms with Crippen molar-refractivity contribution in [2.45, 2.75) is 13.3 Å². The van der Waals surface area contributed by atoms with Crippen LogP contribution >= 0.6 is 0 Å². The molecule has 0 aliphatic rings. The molecule has 1 aromatic carbocycles. The second-order valence-corrected chi connectivity index (χ2v) is 3.84. The largest absolute Gasteiger partial charge is 0.504 e. The molecule has 1 heterocycles. The fourth-order valence-corrected chi connectivity index (χ4v) is 1.66. The second kappa shape index (κ2) is 4.40. The number of aromatic amines is 1. The van der Waals surface area contributed by atoms with Gasteiger partial charge in [0, 0.05) is 5.56 Å². The van der Waals surface area contributed by atoms with Crippen LogP contribution in [0.3, 0.4) is 0 Å². The molecule has 0 radical (unpaired) electrons. The van der Waals surface area contributed by atoms with Crippen molar-refractivity contribution in [1.82, 2.24) is 9.97 Å². The van der Waals surface area contributed by atoms with Crippen LogP contribution < -0.4 is 11.3 Å². The van der Waals surface area contributed by atoms with Gasteiger partial charge in [0.2, 0.25) is 0 Å². The first-order valence-electron chi connectivity index (χ1n) is 5.44. The number of nitrogens with zero attached hydrogens (tertiary/aromatic N) is 1. The van der Waals surface area contributed by atoms with Crippen LogP contribution in [-0.2, 0) is 6.42 Å². The lowest BCUT2D eigenvalue weighted by molar-refractivity contribution is 0.404. The van der Waals surface area contributed by atoms with E-state index in [1.165, 1.54) is 18.2 Å². The van der Waals surface area contributed by atoms with Crippen LogP contribution in [-0.4, -0.2) is 20.2 Å². The van der Waals surface area contributed by atoms with Crippen LogP contribution in [0.5, 0.6) is 11.5 Å². The number of nitrogen functional groups attached to an aromatic ring is 1. The van der Waals surface area contributed by atoms with Crippen LogP contribution in [0.25, 0.3) is 11.4 Å². The summed E-state index contributed by atoms with van der Waals surface area (Å²) in [6.45, 7) is 1.81. The summed E-state index contributed by atoms with van der Waals surface area (Å²) >= 11 is 0. The van der Waals surface area contributed by atoms with E-state index in [-0.39, 0.29) is 28.7 Å². The van der Waals surface area contributed by atoms with E-state index in [0.717, 1.165) is 0 Å². The van der Waals surface area contributed by atoms with Gasteiger partial charge in [0.05, 0.1) is 5.56 Å². The molecule has 18 heavy (non-hydrogen) atoms. The monoisotopic (exact) mass is 247 g/mol. The predicted molar refractivity (Wildman–Crippen MR) is 67.4 cm³/mol. The summed E-state index contributed by atoms with van der Waals surface area (Å²) in [5.41, 5.74) is 6.30. The number of rotatable bonds is 2. The van der Waals surface area contributed by atoms with Gasteiger partial charge < -0.3 is 20.9 Å². The zero-order valence-corrected chi connectivity index (χ0v) is 9.77. The van der Waals surface area contributed by atoms with Gasteiger partial charge in [-0.3, -0.25) is 4.79 Å². The molecule has 0 bridgehead atoms. The predicted octanol–water partition coefficient (Wildman–Crippen LogP) is 0.993. The molecular formula is C12H13N3O3. The summed E-state index contributed by atoms with van der Waals surface area (Å²) in [6.07, 6.45) is 0.495. The average molecular weight is 247 g/mol. The summed E-state index contributed by atoms with van der Waals surface area (Å²) < 4.78 is 0. The fourth-order valence-electron chi connectivity index (χ4n) is 1.66. The molecule has 0 atom stereocenters. The molecule has 0 amide bonds. The molecule has 94 valence electrons. The standard InChI is InChI=1S/C12H13N3O3/c1-2-7-10(13)14-11(15-12(7)18)6-3-4-8(16)9(17)5-6/h3-5,16-17H,2H2,1H3,(H3,13,14,15,18). The van der Waals surface area contributed by atoms with Crippen LogP contribution in [0.1, 0.15) is 12.5 Å². The number of phenols is 2. The van der Waals surface area contributed by atoms with Crippen molar-refractivity contribution in [2.24, 2.45) is 0 Å². The Hall–Kier alpha value is -2.50. The Labute approximate surface area is 103 Å². The molecule has 0 saturated heterocycles. The van der Waals surface area contributed by atoms with Crippen molar-refractivity contribution < 1.29 is 10.2 Å². The van der Waals surface area contributed by atoms with E-state index in [1.807, 2.05) is 6.92 Å². The van der Waals surface area contributed by atoms with Gasteiger partial charge in [-0.15, -0.1) is 0 Å². The van der Waals surface area contributed by atoms with Crippen LogP contribution in [0.2, 0.25) is 0 Å². The normalized spacial score (nSPS) is 10.5. The third-order valence-corrected chi connectivity index (χ3v) is 2.65. The van der Waals surface area contributed by atoms with Gasteiger partial charge in [-0.25, -0.2) is 4.98 Å². The summed E-state index contributed by atoms with van der Waals surface area (Å²) in [7, 11) is 0. The number of aromatic nitrogens is 2. The lowest BCUT2D eigenvalue weighted by Gasteiger charge is -2.06. The number of phenolic OH excluding ortho intramolecular Hbond substituents is 2. The van der Waals surface area contributed by atoms with Gasteiger partial charge >= 0.3 is 0 Å². The highest BCUT2D eigenvalue weighted by Gasteiger charge is 2.10. The Morgan fingerprint density at radius 1 is 1.33 bits per heavy atom. The Kier molecular flexibility index (Phi) is 2.93. The molecule has 0 saturated carbocycles. The maximum absolute atomic E-state index is 11.7. The molecule has 0 spiro atoms. The molecule has 0 unspecified atom stereocenters. The first-order valence-corrected chi connectivity index (χ1v) is 5.44. The van der Waals surface area contributed by atoms with Crippen molar-refractivity contribution in [3.8, 4) is 22.9 Å². The molecule has 5 N–H and O–H groups in total. The number of benzene rings is 1. The molecular weight excluding hydrogens is 234 g/mol. The van der Waals surface area contributed by atoms with Crippen molar-refractivity contribution >= 4 is 5.82 Å². The number of hydrogen-bond acceptors (Lipinski definition) is 5. The fraction of sp³-hybridized carbons (Fsp3) is 0.167. The van der Waals surface area contributed by atoms with Gasteiger partial charge in [-0.1, -0.05) is 6.92 Å². The third-order valence-electron chi connectivity index (χ3n) is 2.65. The lowest BCUT2D eigenvalue weighted by atomic mass is 10.1. The molecule has 0 aliphatic carbocycles. The lowest BCUT2D eigenvalue weighted by Crippen LogP contribution is -2.17. The summed E-state index contributed by atoms with van der Waals surface area (Å²) in [5.74, 6) is -0.0960. The minimum Gasteiger partial charge on any atom is -0.504 e. The van der Waals surface area contributed by atoms with Crippen LogP contribution in [0.4, 0.5) is 5.82 Å². The highest BCUT2D eigenvalue weighted by molar-refractivity contribution is 5.62. The topological polar surface area (TPSA) is 112 Å². The molecule has 6 nitrogen and oxygen atoms in total. The SMILES string of the molecule is CCc1c(N)nc(-c2ccc(O)c(O)c2)[nH]c1=O. The molecule has 6 heteroatoms. The zero-order chi connectivity index (χ0) is 13.3. The van der Waals surface area contributed by atoms with Gasteiger partial charge in [-0.05, 0) is 24.6 Å². The van der Waals surface area contributed by atoms with Crippen molar-refractivity contribution in [1.29, 1.82) is 0 Å². The maximum atomic E-state index is 11.7. The van der Waals surface area contributed by atoms with Gasteiger partial charge in [-0.2, -0.15) is 0 Å². The average Bonchev–Trinajstić information content (AvgIpc) is 2.32. The summed E-state index contributed by atoms with van der Waals surface area (Å²) in [4.78, 5) is 18.4. The summed E-state index contributed by atoms with van der Waals surface area (Å²) in [5, 5.41) is 18.6. The zero-order valence-electron chi connectivity index (χ0n) is 9.77. The minimum absolute atomic E-state index is 0.170. The van der Waals surface area contributed by atoms with E-state index in [4.69, 9.17) is 5.73 Å². The van der Waals surface area contributed by atoms with E-state index >= 15 is 0 Å². The minimum atomic E-state index is -0.299. The Bertz CT molecular complexity index is 650. The van der Waals surface area contributed by atoms with E-state index in [2.05, 4.69) is 9.97 Å². The Morgan fingerprint density at radius 2 is 2.06 bits per heavy atom. The van der Waals surface area contributed by atoms with E-state index in [9.17, 15) is 15.0 Å². The van der Waals surface area contributed by atoms with Crippen LogP contribution in [0.15, 0.2) is 23.0 Å².